The second-order valence-corrected chi connectivity index (χ2v) is 5.30. The molecule has 1 aromatic heterocycles. The first-order valence-corrected chi connectivity index (χ1v) is 6.93. The van der Waals surface area contributed by atoms with Gasteiger partial charge in [0.2, 0.25) is 0 Å². The zero-order valence-corrected chi connectivity index (χ0v) is 12.4. The van der Waals surface area contributed by atoms with E-state index in [9.17, 15) is 13.9 Å². The summed E-state index contributed by atoms with van der Waals surface area (Å²) >= 11 is 0. The molecule has 22 heavy (non-hydrogen) atoms. The number of halogens is 2. The van der Waals surface area contributed by atoms with Crippen LogP contribution in [0.3, 0.4) is 0 Å². The average molecular weight is 311 g/mol. The van der Waals surface area contributed by atoms with E-state index in [0.717, 1.165) is 5.56 Å². The van der Waals surface area contributed by atoms with Gasteiger partial charge in [-0.2, -0.15) is 8.78 Å². The van der Waals surface area contributed by atoms with Gasteiger partial charge >= 0.3 is 6.61 Å². The standard InChI is InChI=1S/C16H19F2NO3/c1-11(12-5-3-6-13(9-12)22-15(17)18)19-10-16(2,20)14-7-4-8-21-14/h3-9,11,15,19-20H,10H2,1-2H3. The summed E-state index contributed by atoms with van der Waals surface area (Å²) < 4.78 is 34.1. The van der Waals surface area contributed by atoms with Crippen LogP contribution in [0.15, 0.2) is 47.1 Å². The van der Waals surface area contributed by atoms with Crippen molar-refractivity contribution in [3.63, 3.8) is 0 Å². The molecule has 2 N–H and O–H groups in total. The number of hydrogen-bond acceptors (Lipinski definition) is 4. The van der Waals surface area contributed by atoms with Gasteiger partial charge in [0.1, 0.15) is 17.1 Å². The Bertz CT molecular complexity index is 585. The summed E-state index contributed by atoms with van der Waals surface area (Å²) in [7, 11) is 0. The van der Waals surface area contributed by atoms with Crippen molar-refractivity contribution in [3.8, 4) is 5.75 Å². The third-order valence-electron chi connectivity index (χ3n) is 3.39. The van der Waals surface area contributed by atoms with Gasteiger partial charge in [-0.25, -0.2) is 0 Å². The lowest BCUT2D eigenvalue weighted by Gasteiger charge is -2.24. The highest BCUT2D eigenvalue weighted by Gasteiger charge is 2.26. The van der Waals surface area contributed by atoms with Gasteiger partial charge in [0.05, 0.1) is 6.26 Å². The molecule has 0 radical (unpaired) electrons. The van der Waals surface area contributed by atoms with Crippen LogP contribution >= 0.6 is 0 Å². The van der Waals surface area contributed by atoms with E-state index in [1.807, 2.05) is 6.92 Å². The maximum absolute atomic E-state index is 12.2. The minimum absolute atomic E-state index is 0.110. The first-order chi connectivity index (χ1) is 10.4. The number of rotatable bonds is 7. The lowest BCUT2D eigenvalue weighted by atomic mass is 10.0. The van der Waals surface area contributed by atoms with Gasteiger partial charge in [0.15, 0.2) is 0 Å². The van der Waals surface area contributed by atoms with E-state index in [2.05, 4.69) is 10.1 Å². The zero-order valence-electron chi connectivity index (χ0n) is 12.4. The van der Waals surface area contributed by atoms with Crippen LogP contribution in [-0.4, -0.2) is 18.3 Å². The van der Waals surface area contributed by atoms with Crippen LogP contribution in [0.2, 0.25) is 0 Å². The molecule has 2 rings (SSSR count). The molecule has 0 fully saturated rings. The number of ether oxygens (including phenoxy) is 1. The largest absolute Gasteiger partial charge is 0.466 e. The van der Waals surface area contributed by atoms with Gasteiger partial charge in [0, 0.05) is 12.6 Å². The SMILES string of the molecule is CC(NCC(C)(O)c1ccco1)c1cccc(OC(F)F)c1. The third kappa shape index (κ3) is 4.29. The van der Waals surface area contributed by atoms with Crippen molar-refractivity contribution >= 4 is 0 Å². The minimum atomic E-state index is -2.85. The number of aliphatic hydroxyl groups is 1. The van der Waals surface area contributed by atoms with Gasteiger partial charge in [0.25, 0.3) is 0 Å². The van der Waals surface area contributed by atoms with Crippen molar-refractivity contribution < 1.29 is 23.0 Å². The Labute approximate surface area is 127 Å². The quantitative estimate of drug-likeness (QED) is 0.822. The average Bonchev–Trinajstić information content (AvgIpc) is 2.99. The van der Waals surface area contributed by atoms with Crippen LogP contribution in [-0.2, 0) is 5.60 Å². The molecule has 0 saturated heterocycles. The summed E-state index contributed by atoms with van der Waals surface area (Å²) in [6.07, 6.45) is 1.50. The van der Waals surface area contributed by atoms with Gasteiger partial charge in [-0.3, -0.25) is 0 Å². The highest BCUT2D eigenvalue weighted by Crippen LogP contribution is 2.23. The van der Waals surface area contributed by atoms with Gasteiger partial charge in [-0.05, 0) is 43.7 Å². The number of furan rings is 1. The van der Waals surface area contributed by atoms with Crippen molar-refractivity contribution in [2.24, 2.45) is 0 Å². The fraction of sp³-hybridized carbons (Fsp3) is 0.375. The van der Waals surface area contributed by atoms with Crippen molar-refractivity contribution in [2.45, 2.75) is 32.1 Å². The topological polar surface area (TPSA) is 54.6 Å². The van der Waals surface area contributed by atoms with Crippen LogP contribution in [0, 0.1) is 0 Å². The zero-order chi connectivity index (χ0) is 16.2. The number of nitrogens with one attached hydrogen (secondary N) is 1. The number of alkyl halides is 2. The first-order valence-electron chi connectivity index (χ1n) is 6.93. The Kier molecular flexibility index (Phi) is 5.15. The van der Waals surface area contributed by atoms with Crippen LogP contribution in [0.1, 0.15) is 31.2 Å². The number of benzene rings is 1. The minimum Gasteiger partial charge on any atom is -0.466 e. The Balaban J connectivity index is 1.99. The maximum Gasteiger partial charge on any atom is 0.387 e. The molecule has 0 aliphatic heterocycles. The van der Waals surface area contributed by atoms with E-state index < -0.39 is 12.2 Å². The molecule has 0 aliphatic carbocycles. The maximum atomic E-state index is 12.2. The van der Waals surface area contributed by atoms with Gasteiger partial charge in [-0.1, -0.05) is 12.1 Å². The van der Waals surface area contributed by atoms with Crippen molar-refractivity contribution in [2.75, 3.05) is 6.54 Å². The predicted molar refractivity (Wildman–Crippen MR) is 77.8 cm³/mol. The van der Waals surface area contributed by atoms with Gasteiger partial charge in [-0.15, -0.1) is 0 Å². The van der Waals surface area contributed by atoms with E-state index in [1.54, 1.807) is 37.3 Å². The van der Waals surface area contributed by atoms with E-state index in [0.29, 0.717) is 5.76 Å². The molecular formula is C16H19F2NO3. The molecule has 6 heteroatoms. The molecule has 2 unspecified atom stereocenters. The molecular weight excluding hydrogens is 292 g/mol. The summed E-state index contributed by atoms with van der Waals surface area (Å²) in [6, 6.07) is 9.73. The molecule has 0 saturated carbocycles. The Hall–Kier alpha value is -1.92. The molecule has 2 aromatic rings. The molecule has 1 aromatic carbocycles. The predicted octanol–water partition coefficient (Wildman–Crippen LogP) is 3.44. The van der Waals surface area contributed by atoms with E-state index in [-0.39, 0.29) is 18.3 Å². The van der Waals surface area contributed by atoms with E-state index in [4.69, 9.17) is 4.42 Å². The van der Waals surface area contributed by atoms with Crippen LogP contribution in [0.25, 0.3) is 0 Å². The summed E-state index contributed by atoms with van der Waals surface area (Å²) in [5.41, 5.74) is -0.372. The van der Waals surface area contributed by atoms with Crippen molar-refractivity contribution in [1.82, 2.24) is 5.32 Å². The molecule has 0 amide bonds. The molecule has 1 heterocycles. The summed E-state index contributed by atoms with van der Waals surface area (Å²) in [4.78, 5) is 0. The molecule has 2 atom stereocenters. The van der Waals surface area contributed by atoms with E-state index >= 15 is 0 Å². The first kappa shape index (κ1) is 16.5. The smallest absolute Gasteiger partial charge is 0.387 e. The van der Waals surface area contributed by atoms with Gasteiger partial charge < -0.3 is 19.6 Å². The highest BCUT2D eigenvalue weighted by atomic mass is 19.3. The number of hydrogen-bond donors (Lipinski definition) is 2. The molecule has 0 bridgehead atoms. The Morgan fingerprint density at radius 3 is 2.73 bits per heavy atom. The lowest BCUT2D eigenvalue weighted by molar-refractivity contribution is -0.0499. The molecule has 0 aliphatic rings. The monoisotopic (exact) mass is 311 g/mol. The van der Waals surface area contributed by atoms with E-state index in [1.165, 1.54) is 12.3 Å². The fourth-order valence-electron chi connectivity index (χ4n) is 2.10. The summed E-state index contributed by atoms with van der Waals surface area (Å²) in [6.45, 7) is 0.918. The van der Waals surface area contributed by atoms with Crippen LogP contribution in [0.5, 0.6) is 5.75 Å². The van der Waals surface area contributed by atoms with Crippen LogP contribution < -0.4 is 10.1 Å². The van der Waals surface area contributed by atoms with Crippen molar-refractivity contribution in [3.05, 3.63) is 54.0 Å². The second-order valence-electron chi connectivity index (χ2n) is 5.30. The molecule has 4 nitrogen and oxygen atoms in total. The highest BCUT2D eigenvalue weighted by molar-refractivity contribution is 5.30. The Morgan fingerprint density at radius 2 is 2.09 bits per heavy atom. The normalized spacial score (nSPS) is 15.5. The Morgan fingerprint density at radius 1 is 1.32 bits per heavy atom. The summed E-state index contributed by atoms with van der Waals surface area (Å²) in [5, 5.41) is 13.5. The van der Waals surface area contributed by atoms with Crippen LogP contribution in [0.4, 0.5) is 8.78 Å². The molecule has 0 spiro atoms. The second kappa shape index (κ2) is 6.89. The third-order valence-corrected chi connectivity index (χ3v) is 3.39. The summed E-state index contributed by atoms with van der Waals surface area (Å²) in [5.74, 6) is 0.570. The van der Waals surface area contributed by atoms with Crippen molar-refractivity contribution in [1.29, 1.82) is 0 Å². The molecule has 120 valence electrons. The lowest BCUT2D eigenvalue weighted by Crippen LogP contribution is -2.36. The fourth-order valence-corrected chi connectivity index (χ4v) is 2.10.